The molecule has 3 aromatic heterocycles. The summed E-state index contributed by atoms with van der Waals surface area (Å²) < 4.78 is 26.6. The lowest BCUT2D eigenvalue weighted by Gasteiger charge is -2.39. The van der Waals surface area contributed by atoms with Gasteiger partial charge in [-0.05, 0) is 55.3 Å². The Hall–Kier alpha value is -4.96. The fourth-order valence-corrected chi connectivity index (χ4v) is 6.88. The van der Waals surface area contributed by atoms with E-state index in [1.54, 1.807) is 0 Å². The van der Waals surface area contributed by atoms with E-state index in [0.29, 0.717) is 0 Å². The van der Waals surface area contributed by atoms with Crippen LogP contribution in [0.3, 0.4) is 0 Å². The first-order valence-electron chi connectivity index (χ1n) is 13.7. The largest absolute Gasteiger partial charge is 0.460 e. The van der Waals surface area contributed by atoms with Crippen molar-refractivity contribution in [2.24, 2.45) is 0 Å². The quantitative estimate of drug-likeness (QED) is 0.233. The molecular formula is C36H24O4. The molecular weight excluding hydrogens is 496 g/mol. The molecule has 2 aliphatic rings. The Balaban J connectivity index is 1.35. The maximum Gasteiger partial charge on any atom is 0.134 e. The lowest BCUT2D eigenvalue weighted by molar-refractivity contribution is 0.260. The lowest BCUT2D eigenvalue weighted by atomic mass is 9.61. The minimum absolute atomic E-state index is 0.151. The van der Waals surface area contributed by atoms with Crippen molar-refractivity contribution in [3.8, 4) is 5.75 Å². The van der Waals surface area contributed by atoms with E-state index in [4.69, 9.17) is 18.0 Å². The van der Waals surface area contributed by atoms with Crippen molar-refractivity contribution in [3.05, 3.63) is 144 Å². The highest BCUT2D eigenvalue weighted by molar-refractivity contribution is 5.85. The molecule has 0 radical (unpaired) electrons. The maximum absolute atomic E-state index is 6.76. The van der Waals surface area contributed by atoms with Gasteiger partial charge in [0.15, 0.2) is 0 Å². The lowest BCUT2D eigenvalue weighted by Crippen LogP contribution is -2.37. The molecule has 0 bridgehead atoms. The highest BCUT2D eigenvalue weighted by atomic mass is 16.5. The fraction of sp³-hybridized carbons (Fsp3) is 0.111. The summed E-state index contributed by atoms with van der Waals surface area (Å²) in [4.78, 5) is 0. The molecule has 192 valence electrons. The Labute approximate surface area is 230 Å². The van der Waals surface area contributed by atoms with Crippen LogP contribution in [0.4, 0.5) is 0 Å². The van der Waals surface area contributed by atoms with Gasteiger partial charge in [-0.2, -0.15) is 0 Å². The first-order chi connectivity index (χ1) is 19.8. The van der Waals surface area contributed by atoms with Crippen molar-refractivity contribution in [2.75, 3.05) is 0 Å². The van der Waals surface area contributed by atoms with Crippen molar-refractivity contribution in [1.29, 1.82) is 0 Å². The smallest absolute Gasteiger partial charge is 0.134 e. The van der Waals surface area contributed by atoms with Crippen molar-refractivity contribution < 1.29 is 18.0 Å². The van der Waals surface area contributed by atoms with Gasteiger partial charge in [0.25, 0.3) is 0 Å². The second-order valence-corrected chi connectivity index (χ2v) is 10.8. The summed E-state index contributed by atoms with van der Waals surface area (Å²) in [5.41, 5.74) is 4.23. The van der Waals surface area contributed by atoms with Crippen LogP contribution in [0, 0.1) is 0 Å². The average molecular weight is 521 g/mol. The minimum atomic E-state index is -0.616. The molecule has 0 amide bonds. The molecule has 0 fully saturated rings. The Morgan fingerprint density at radius 3 is 1.75 bits per heavy atom. The van der Waals surface area contributed by atoms with Crippen LogP contribution in [0.2, 0.25) is 0 Å². The summed E-state index contributed by atoms with van der Waals surface area (Å²) in [6.07, 6.45) is 1.51. The molecule has 0 saturated carbocycles. The molecule has 0 N–H and O–H groups in total. The van der Waals surface area contributed by atoms with Gasteiger partial charge in [0.1, 0.15) is 51.0 Å². The number of allylic oxidation sites excluding steroid dienone is 2. The first-order valence-corrected chi connectivity index (χ1v) is 13.7. The van der Waals surface area contributed by atoms with E-state index in [2.05, 4.69) is 66.7 Å². The zero-order chi connectivity index (χ0) is 26.3. The van der Waals surface area contributed by atoms with Crippen LogP contribution in [0.25, 0.3) is 38.5 Å². The highest BCUT2D eigenvalue weighted by Crippen LogP contribution is 2.62. The van der Waals surface area contributed by atoms with Gasteiger partial charge in [0.05, 0.1) is 5.92 Å². The Morgan fingerprint density at radius 1 is 0.575 bits per heavy atom. The Kier molecular flexibility index (Phi) is 4.40. The molecule has 7 aromatic rings. The summed E-state index contributed by atoms with van der Waals surface area (Å²) in [7, 11) is 0. The average Bonchev–Trinajstić information content (AvgIpc) is 3.79. The molecule has 1 aliphatic carbocycles. The molecule has 4 nitrogen and oxygen atoms in total. The van der Waals surface area contributed by atoms with Gasteiger partial charge in [0.2, 0.25) is 0 Å². The molecule has 9 rings (SSSR count). The number of hydrogen-bond acceptors (Lipinski definition) is 4. The first kappa shape index (κ1) is 21.9. The van der Waals surface area contributed by atoms with E-state index in [0.717, 1.165) is 85.7 Å². The third-order valence-corrected chi connectivity index (χ3v) is 8.73. The summed E-state index contributed by atoms with van der Waals surface area (Å²) >= 11 is 0. The summed E-state index contributed by atoms with van der Waals surface area (Å²) in [6.45, 7) is 0. The fourth-order valence-electron chi connectivity index (χ4n) is 6.88. The van der Waals surface area contributed by atoms with E-state index >= 15 is 0 Å². The van der Waals surface area contributed by atoms with Gasteiger partial charge >= 0.3 is 0 Å². The summed E-state index contributed by atoms with van der Waals surface area (Å²) in [6, 6.07) is 39.4. The summed E-state index contributed by atoms with van der Waals surface area (Å²) in [5.74, 6) is 4.26. The molecule has 1 aliphatic heterocycles. The molecule has 4 aromatic carbocycles. The highest BCUT2D eigenvalue weighted by Gasteiger charge is 2.56. The van der Waals surface area contributed by atoms with Crippen molar-refractivity contribution in [2.45, 2.75) is 24.2 Å². The van der Waals surface area contributed by atoms with Crippen LogP contribution in [-0.4, -0.2) is 0 Å². The van der Waals surface area contributed by atoms with E-state index < -0.39 is 5.41 Å². The van der Waals surface area contributed by atoms with Crippen LogP contribution in [-0.2, 0) is 5.41 Å². The van der Waals surface area contributed by atoms with Crippen molar-refractivity contribution in [1.82, 2.24) is 0 Å². The number of hydrogen-bond donors (Lipinski definition) is 0. The SMILES string of the molecule is c1ccc2c(c1)OC1=C(c3cc4ccccc4o3)CCC(c3cc4ccccc4o3)(c3cc4ccccc4o3)[C@@H]12. The second kappa shape index (κ2) is 8.03. The maximum atomic E-state index is 6.76. The molecule has 0 saturated heterocycles. The van der Waals surface area contributed by atoms with Crippen LogP contribution in [0.1, 0.15) is 41.6 Å². The predicted molar refractivity (Wildman–Crippen MR) is 155 cm³/mol. The van der Waals surface area contributed by atoms with E-state index in [-0.39, 0.29) is 5.92 Å². The number of ether oxygens (including phenoxy) is 1. The van der Waals surface area contributed by atoms with Crippen LogP contribution < -0.4 is 4.74 Å². The molecule has 4 heterocycles. The van der Waals surface area contributed by atoms with Crippen LogP contribution >= 0.6 is 0 Å². The zero-order valence-corrected chi connectivity index (χ0v) is 21.6. The number of para-hydroxylation sites is 4. The third kappa shape index (κ3) is 2.96. The third-order valence-electron chi connectivity index (χ3n) is 8.73. The minimum Gasteiger partial charge on any atom is -0.460 e. The normalized spacial score (nSPS) is 17.9. The molecule has 40 heavy (non-hydrogen) atoms. The van der Waals surface area contributed by atoms with Gasteiger partial charge < -0.3 is 18.0 Å². The van der Waals surface area contributed by atoms with Gasteiger partial charge in [-0.3, -0.25) is 0 Å². The van der Waals surface area contributed by atoms with Gasteiger partial charge in [-0.1, -0.05) is 72.8 Å². The summed E-state index contributed by atoms with van der Waals surface area (Å²) in [5, 5.41) is 3.24. The topological polar surface area (TPSA) is 48.7 Å². The van der Waals surface area contributed by atoms with E-state index in [1.807, 2.05) is 48.5 Å². The molecule has 0 spiro atoms. The van der Waals surface area contributed by atoms with Gasteiger partial charge in [0, 0.05) is 27.3 Å². The van der Waals surface area contributed by atoms with E-state index in [1.165, 1.54) is 0 Å². The van der Waals surface area contributed by atoms with Crippen LogP contribution in [0.5, 0.6) is 5.75 Å². The van der Waals surface area contributed by atoms with Gasteiger partial charge in [-0.15, -0.1) is 0 Å². The second-order valence-electron chi connectivity index (χ2n) is 10.8. The van der Waals surface area contributed by atoms with Gasteiger partial charge in [-0.25, -0.2) is 0 Å². The number of benzene rings is 4. The number of furan rings is 3. The monoisotopic (exact) mass is 520 g/mol. The molecule has 0 unspecified atom stereocenters. The van der Waals surface area contributed by atoms with Crippen molar-refractivity contribution in [3.63, 3.8) is 0 Å². The number of fused-ring (bicyclic) bond motifs is 6. The Morgan fingerprint density at radius 2 is 1.12 bits per heavy atom. The Bertz CT molecular complexity index is 1940. The van der Waals surface area contributed by atoms with E-state index in [9.17, 15) is 0 Å². The van der Waals surface area contributed by atoms with Crippen LogP contribution in [0.15, 0.2) is 134 Å². The van der Waals surface area contributed by atoms with Crippen molar-refractivity contribution >= 4 is 38.5 Å². The molecule has 1 atom stereocenters. The number of rotatable bonds is 3. The zero-order valence-electron chi connectivity index (χ0n) is 21.6. The standard InChI is InChI=1S/C36H24O4/c1-5-13-27-22(9-1)19-31(37-27)26-17-18-36(32-20-23-10-2-6-14-28(23)38-32,33-21-24-11-3-7-15-29(24)39-33)34-25-12-4-8-16-30(25)40-35(26)34/h1-16,19-21,34H,17-18H2/t34-/m1/s1. The predicted octanol–water partition coefficient (Wildman–Crippen LogP) is 9.59. The molecule has 4 heteroatoms.